The van der Waals surface area contributed by atoms with Crippen LogP contribution in [0.25, 0.3) is 0 Å². The van der Waals surface area contributed by atoms with Crippen molar-refractivity contribution in [1.29, 1.82) is 0 Å². The molecule has 4 rings (SSSR count). The van der Waals surface area contributed by atoms with Crippen molar-refractivity contribution in [2.45, 2.75) is 31.8 Å². The fourth-order valence-electron chi connectivity index (χ4n) is 3.47. The summed E-state index contributed by atoms with van der Waals surface area (Å²) in [6.45, 7) is 2.15. The second-order valence-corrected chi connectivity index (χ2v) is 7.19. The number of carbonyl (C=O) groups excluding carboxylic acids is 2. The maximum absolute atomic E-state index is 13.0. The molecule has 146 valence electrons. The number of carbonyl (C=O) groups is 2. The van der Waals surface area contributed by atoms with Gasteiger partial charge in [-0.2, -0.15) is 0 Å². The van der Waals surface area contributed by atoms with Crippen LogP contribution in [-0.4, -0.2) is 36.3 Å². The van der Waals surface area contributed by atoms with Crippen LogP contribution < -0.4 is 19.5 Å². The Morgan fingerprint density at radius 3 is 2.54 bits per heavy atom. The largest absolute Gasteiger partial charge is 0.497 e. The van der Waals surface area contributed by atoms with Crippen molar-refractivity contribution in [2.24, 2.45) is 0 Å². The fourth-order valence-corrected chi connectivity index (χ4v) is 3.47. The summed E-state index contributed by atoms with van der Waals surface area (Å²) < 4.78 is 15.8. The van der Waals surface area contributed by atoms with Crippen LogP contribution in [0.3, 0.4) is 0 Å². The smallest absolute Gasteiger partial charge is 0.325 e. The SMILES string of the molecule is COc1ccc(CC[C@@]2(C)NC(=O)N(Cc3ccc4c(c3)OCO4)C2=O)cc1. The van der Waals surface area contributed by atoms with E-state index in [0.29, 0.717) is 24.3 Å². The molecule has 0 bridgehead atoms. The van der Waals surface area contributed by atoms with Gasteiger partial charge in [-0.3, -0.25) is 9.69 Å². The molecule has 0 aliphatic carbocycles. The molecule has 2 aliphatic rings. The lowest BCUT2D eigenvalue weighted by molar-refractivity contribution is -0.131. The molecule has 0 aromatic heterocycles. The highest BCUT2D eigenvalue weighted by molar-refractivity contribution is 6.06. The first kappa shape index (κ1) is 18.2. The summed E-state index contributed by atoms with van der Waals surface area (Å²) in [7, 11) is 1.62. The first-order chi connectivity index (χ1) is 13.5. The van der Waals surface area contributed by atoms with Crippen molar-refractivity contribution in [1.82, 2.24) is 10.2 Å². The number of hydrogen-bond acceptors (Lipinski definition) is 5. The van der Waals surface area contributed by atoms with E-state index >= 15 is 0 Å². The minimum Gasteiger partial charge on any atom is -0.497 e. The number of urea groups is 1. The average molecular weight is 382 g/mol. The van der Waals surface area contributed by atoms with E-state index in [1.165, 1.54) is 4.90 Å². The normalized spacial score (nSPS) is 20.4. The zero-order chi connectivity index (χ0) is 19.7. The van der Waals surface area contributed by atoms with E-state index in [9.17, 15) is 9.59 Å². The number of hydrogen-bond donors (Lipinski definition) is 1. The van der Waals surface area contributed by atoms with E-state index in [1.54, 1.807) is 26.2 Å². The highest BCUT2D eigenvalue weighted by Crippen LogP contribution is 2.33. The third-order valence-corrected chi connectivity index (χ3v) is 5.20. The summed E-state index contributed by atoms with van der Waals surface area (Å²) in [6, 6.07) is 12.8. The molecule has 2 aromatic rings. The lowest BCUT2D eigenvalue weighted by atomic mass is 9.93. The summed E-state index contributed by atoms with van der Waals surface area (Å²) in [5.41, 5.74) is 0.971. The van der Waals surface area contributed by atoms with Crippen molar-refractivity contribution in [3.63, 3.8) is 0 Å². The Labute approximate surface area is 163 Å². The fraction of sp³-hybridized carbons (Fsp3) is 0.333. The standard InChI is InChI=1S/C21H22N2O5/c1-21(10-9-14-3-6-16(26-2)7-4-14)19(24)23(20(25)22-21)12-15-5-8-17-18(11-15)28-13-27-17/h3-8,11H,9-10,12-13H2,1-2H3,(H,22,25)/t21-/m1/s1. The lowest BCUT2D eigenvalue weighted by Crippen LogP contribution is -2.44. The van der Waals surface area contributed by atoms with Crippen molar-refractivity contribution in [2.75, 3.05) is 13.9 Å². The second-order valence-electron chi connectivity index (χ2n) is 7.19. The molecule has 0 unspecified atom stereocenters. The molecule has 2 heterocycles. The van der Waals surface area contributed by atoms with E-state index in [0.717, 1.165) is 16.9 Å². The molecule has 0 spiro atoms. The zero-order valence-electron chi connectivity index (χ0n) is 15.9. The molecule has 3 amide bonds. The second kappa shape index (κ2) is 7.07. The van der Waals surface area contributed by atoms with E-state index in [-0.39, 0.29) is 25.3 Å². The number of nitrogens with zero attached hydrogens (tertiary/aromatic N) is 1. The molecule has 0 radical (unpaired) electrons. The van der Waals surface area contributed by atoms with Gasteiger partial charge in [-0.25, -0.2) is 4.79 Å². The summed E-state index contributed by atoms with van der Waals surface area (Å²) >= 11 is 0. The molecular weight excluding hydrogens is 360 g/mol. The van der Waals surface area contributed by atoms with Crippen LogP contribution in [0, 0.1) is 0 Å². The molecular formula is C21H22N2O5. The van der Waals surface area contributed by atoms with Gasteiger partial charge in [0.15, 0.2) is 11.5 Å². The minimum absolute atomic E-state index is 0.186. The topological polar surface area (TPSA) is 77.1 Å². The van der Waals surface area contributed by atoms with Gasteiger partial charge in [0.25, 0.3) is 5.91 Å². The number of benzene rings is 2. The number of methoxy groups -OCH3 is 1. The summed E-state index contributed by atoms with van der Waals surface area (Å²) in [5, 5.41) is 2.85. The Hall–Kier alpha value is -3.22. The van der Waals surface area contributed by atoms with Crippen LogP contribution in [0.15, 0.2) is 42.5 Å². The molecule has 7 nitrogen and oxygen atoms in total. The van der Waals surface area contributed by atoms with Crippen molar-refractivity contribution in [3.05, 3.63) is 53.6 Å². The Kier molecular flexibility index (Phi) is 4.58. The predicted octanol–water partition coefficient (Wildman–Crippen LogP) is 2.87. The van der Waals surface area contributed by atoms with Gasteiger partial charge in [0, 0.05) is 0 Å². The quantitative estimate of drug-likeness (QED) is 0.778. The molecule has 2 aliphatic heterocycles. The predicted molar refractivity (Wildman–Crippen MR) is 101 cm³/mol. The van der Waals surface area contributed by atoms with Crippen LogP contribution in [0.1, 0.15) is 24.5 Å². The Morgan fingerprint density at radius 2 is 1.79 bits per heavy atom. The Morgan fingerprint density at radius 1 is 1.07 bits per heavy atom. The summed E-state index contributed by atoms with van der Waals surface area (Å²) in [6.07, 6.45) is 1.19. The Balaban J connectivity index is 1.43. The molecule has 1 saturated heterocycles. The van der Waals surface area contributed by atoms with Crippen molar-refractivity contribution < 1.29 is 23.8 Å². The number of imide groups is 1. The Bertz CT molecular complexity index is 912. The molecule has 7 heteroatoms. The molecule has 2 aromatic carbocycles. The third kappa shape index (κ3) is 3.35. The summed E-state index contributed by atoms with van der Waals surface area (Å²) in [5.74, 6) is 1.87. The van der Waals surface area contributed by atoms with E-state index < -0.39 is 5.54 Å². The summed E-state index contributed by atoms with van der Waals surface area (Å²) in [4.78, 5) is 26.7. The van der Waals surface area contributed by atoms with Gasteiger partial charge in [-0.1, -0.05) is 18.2 Å². The minimum atomic E-state index is -0.923. The van der Waals surface area contributed by atoms with Crippen molar-refractivity contribution >= 4 is 11.9 Å². The zero-order valence-corrected chi connectivity index (χ0v) is 15.9. The van der Waals surface area contributed by atoms with E-state index in [4.69, 9.17) is 14.2 Å². The van der Waals surface area contributed by atoms with Crippen LogP contribution in [0.4, 0.5) is 4.79 Å². The van der Waals surface area contributed by atoms with Crippen molar-refractivity contribution in [3.8, 4) is 17.2 Å². The van der Waals surface area contributed by atoms with Crippen LogP contribution in [0.2, 0.25) is 0 Å². The van der Waals surface area contributed by atoms with Gasteiger partial charge in [-0.15, -0.1) is 0 Å². The number of ether oxygens (including phenoxy) is 3. The third-order valence-electron chi connectivity index (χ3n) is 5.20. The molecule has 0 saturated carbocycles. The number of aryl methyl sites for hydroxylation is 1. The maximum Gasteiger partial charge on any atom is 0.325 e. The number of amides is 3. The molecule has 1 N–H and O–H groups in total. The highest BCUT2D eigenvalue weighted by Gasteiger charge is 2.47. The molecule has 1 fully saturated rings. The monoisotopic (exact) mass is 382 g/mol. The van der Waals surface area contributed by atoms with E-state index in [2.05, 4.69) is 5.32 Å². The first-order valence-electron chi connectivity index (χ1n) is 9.14. The average Bonchev–Trinajstić information content (AvgIpc) is 3.25. The lowest BCUT2D eigenvalue weighted by Gasteiger charge is -2.21. The van der Waals surface area contributed by atoms with Crippen LogP contribution >= 0.6 is 0 Å². The van der Waals surface area contributed by atoms with Gasteiger partial charge in [0.2, 0.25) is 6.79 Å². The van der Waals surface area contributed by atoms with Crippen LogP contribution in [0.5, 0.6) is 17.2 Å². The molecule has 1 atom stereocenters. The van der Waals surface area contributed by atoms with Gasteiger partial charge in [0.05, 0.1) is 13.7 Å². The highest BCUT2D eigenvalue weighted by atomic mass is 16.7. The number of nitrogens with one attached hydrogen (secondary N) is 1. The van der Waals surface area contributed by atoms with Gasteiger partial charge >= 0.3 is 6.03 Å². The maximum atomic E-state index is 13.0. The van der Waals surface area contributed by atoms with Gasteiger partial charge < -0.3 is 19.5 Å². The number of rotatable bonds is 6. The van der Waals surface area contributed by atoms with E-state index in [1.807, 2.05) is 30.3 Å². The van der Waals surface area contributed by atoms with Gasteiger partial charge in [-0.05, 0) is 55.2 Å². The van der Waals surface area contributed by atoms with Crippen LogP contribution in [-0.2, 0) is 17.8 Å². The molecule has 28 heavy (non-hydrogen) atoms. The van der Waals surface area contributed by atoms with Gasteiger partial charge in [0.1, 0.15) is 11.3 Å². The number of fused-ring (bicyclic) bond motifs is 1. The first-order valence-corrected chi connectivity index (χ1v) is 9.14.